The first-order valence-electron chi connectivity index (χ1n) is 4.26. The van der Waals surface area contributed by atoms with E-state index in [0.717, 1.165) is 17.7 Å². The first-order chi connectivity index (χ1) is 6.42. The minimum atomic E-state index is 0.588. The Labute approximate surface area is 76.8 Å². The number of rotatable bonds is 1. The smallest absolute Gasteiger partial charge is 0.245 e. The van der Waals surface area contributed by atoms with Crippen LogP contribution in [0.1, 0.15) is 19.0 Å². The van der Waals surface area contributed by atoms with Crippen LogP contribution in [0.3, 0.4) is 0 Å². The van der Waals surface area contributed by atoms with Gasteiger partial charge in [-0.3, -0.25) is 0 Å². The van der Waals surface area contributed by atoms with Gasteiger partial charge in [-0.15, -0.1) is 0 Å². The minimum absolute atomic E-state index is 0.588. The second kappa shape index (κ2) is 3.39. The Morgan fingerprint density at radius 1 is 1.38 bits per heavy atom. The number of fused-ring (bicyclic) bond motifs is 1. The van der Waals surface area contributed by atoms with E-state index in [9.17, 15) is 0 Å². The van der Waals surface area contributed by atoms with Gasteiger partial charge in [0.25, 0.3) is 0 Å². The zero-order valence-electron chi connectivity index (χ0n) is 7.40. The predicted molar refractivity (Wildman–Crippen MR) is 50.1 cm³/mol. The van der Waals surface area contributed by atoms with Gasteiger partial charge in [0.1, 0.15) is 5.69 Å². The molecule has 0 saturated heterocycles. The van der Waals surface area contributed by atoms with Crippen molar-refractivity contribution in [1.29, 1.82) is 0 Å². The molecule has 2 rings (SSSR count). The fourth-order valence-corrected chi connectivity index (χ4v) is 1.24. The summed E-state index contributed by atoms with van der Waals surface area (Å²) >= 11 is 0. The van der Waals surface area contributed by atoms with E-state index in [1.807, 2.05) is 6.08 Å². The van der Waals surface area contributed by atoms with E-state index in [4.69, 9.17) is 4.74 Å². The van der Waals surface area contributed by atoms with Gasteiger partial charge in [-0.05, 0) is 12.5 Å². The van der Waals surface area contributed by atoms with E-state index in [1.54, 1.807) is 18.7 Å². The molecule has 0 fully saturated rings. The predicted octanol–water partition coefficient (Wildman–Crippen LogP) is 2.18. The van der Waals surface area contributed by atoms with Crippen LogP contribution in [0, 0.1) is 0 Å². The van der Waals surface area contributed by atoms with Crippen molar-refractivity contribution in [3.05, 3.63) is 36.5 Å². The van der Waals surface area contributed by atoms with Crippen LogP contribution in [-0.2, 0) is 0 Å². The Hall–Kier alpha value is -1.64. The molecule has 3 nitrogen and oxygen atoms in total. The van der Waals surface area contributed by atoms with Gasteiger partial charge in [0, 0.05) is 18.0 Å². The van der Waals surface area contributed by atoms with Crippen LogP contribution >= 0.6 is 0 Å². The zero-order chi connectivity index (χ0) is 9.10. The second-order valence-electron chi connectivity index (χ2n) is 2.70. The molecule has 3 heteroatoms. The summed E-state index contributed by atoms with van der Waals surface area (Å²) in [6, 6.07) is 0. The molecular weight excluding hydrogens is 164 g/mol. The van der Waals surface area contributed by atoms with Crippen molar-refractivity contribution in [2.75, 3.05) is 0 Å². The molecule has 66 valence electrons. The topological polar surface area (TPSA) is 35.0 Å². The number of allylic oxidation sites excluding steroid dienone is 3. The molecule has 1 aromatic rings. The van der Waals surface area contributed by atoms with Crippen LogP contribution < -0.4 is 4.74 Å². The van der Waals surface area contributed by atoms with E-state index in [1.165, 1.54) is 0 Å². The number of hydrogen-bond donors (Lipinski definition) is 0. The van der Waals surface area contributed by atoms with Crippen molar-refractivity contribution in [2.24, 2.45) is 0 Å². The summed E-state index contributed by atoms with van der Waals surface area (Å²) in [5.41, 5.74) is 1.91. The molecule has 13 heavy (non-hydrogen) atoms. The van der Waals surface area contributed by atoms with E-state index >= 15 is 0 Å². The standard InChI is InChI=1S/C10H10N2O/c1-2-3-8-4-7-13-10-9(8)11-5-6-12-10/h3-7H,2H2,1H3/b8-3+. The third-order valence-electron chi connectivity index (χ3n) is 1.79. The van der Waals surface area contributed by atoms with E-state index in [-0.39, 0.29) is 0 Å². The maximum atomic E-state index is 5.21. The molecule has 0 bridgehead atoms. The summed E-state index contributed by atoms with van der Waals surface area (Å²) in [6.45, 7) is 2.09. The van der Waals surface area contributed by atoms with Crippen LogP contribution in [0.4, 0.5) is 0 Å². The molecule has 2 heterocycles. The summed E-state index contributed by atoms with van der Waals surface area (Å²) in [6.07, 6.45) is 9.92. The lowest BCUT2D eigenvalue weighted by atomic mass is 10.1. The highest BCUT2D eigenvalue weighted by Crippen LogP contribution is 2.26. The number of ether oxygens (including phenoxy) is 1. The van der Waals surface area contributed by atoms with Gasteiger partial charge in [-0.2, -0.15) is 0 Å². The molecular formula is C10H10N2O. The molecule has 0 unspecified atom stereocenters. The minimum Gasteiger partial charge on any atom is -0.445 e. The lowest BCUT2D eigenvalue weighted by molar-refractivity contribution is 0.452. The molecule has 0 saturated carbocycles. The third-order valence-corrected chi connectivity index (χ3v) is 1.79. The van der Waals surface area contributed by atoms with Gasteiger partial charge in [0.15, 0.2) is 0 Å². The Balaban J connectivity index is 2.48. The van der Waals surface area contributed by atoms with E-state index in [0.29, 0.717) is 5.88 Å². The molecule has 0 aromatic carbocycles. The highest BCUT2D eigenvalue weighted by molar-refractivity contribution is 5.75. The monoisotopic (exact) mass is 174 g/mol. The summed E-state index contributed by atoms with van der Waals surface area (Å²) in [5, 5.41) is 0. The van der Waals surface area contributed by atoms with Crippen LogP contribution in [0.15, 0.2) is 30.8 Å². The molecule has 1 aliphatic heterocycles. The van der Waals surface area contributed by atoms with Crippen molar-refractivity contribution in [3.8, 4) is 5.88 Å². The lowest BCUT2D eigenvalue weighted by Gasteiger charge is -2.10. The van der Waals surface area contributed by atoms with Crippen LogP contribution in [0.25, 0.3) is 5.57 Å². The van der Waals surface area contributed by atoms with Crippen LogP contribution in [0.5, 0.6) is 5.88 Å². The Morgan fingerprint density at radius 2 is 2.23 bits per heavy atom. The van der Waals surface area contributed by atoms with Crippen molar-refractivity contribution < 1.29 is 4.74 Å². The molecule has 1 aromatic heterocycles. The van der Waals surface area contributed by atoms with Crippen LogP contribution in [0.2, 0.25) is 0 Å². The summed E-state index contributed by atoms with van der Waals surface area (Å²) in [5.74, 6) is 0.588. The normalized spacial score (nSPS) is 16.8. The lowest BCUT2D eigenvalue weighted by Crippen LogP contribution is -2.00. The number of aromatic nitrogens is 2. The third kappa shape index (κ3) is 1.45. The largest absolute Gasteiger partial charge is 0.445 e. The molecule has 0 amide bonds. The fourth-order valence-electron chi connectivity index (χ4n) is 1.24. The maximum absolute atomic E-state index is 5.21. The average molecular weight is 174 g/mol. The van der Waals surface area contributed by atoms with E-state index < -0.39 is 0 Å². The Morgan fingerprint density at radius 3 is 3.08 bits per heavy atom. The summed E-state index contributed by atoms with van der Waals surface area (Å²) < 4.78 is 5.21. The van der Waals surface area contributed by atoms with Crippen molar-refractivity contribution in [1.82, 2.24) is 9.97 Å². The SMILES string of the molecule is CC/C=C1\C=COc2nccnc21. The van der Waals surface area contributed by atoms with Gasteiger partial charge in [-0.1, -0.05) is 13.0 Å². The first-order valence-corrected chi connectivity index (χ1v) is 4.26. The molecule has 0 radical (unpaired) electrons. The molecule has 1 aliphatic rings. The van der Waals surface area contributed by atoms with Crippen molar-refractivity contribution >= 4 is 5.57 Å². The van der Waals surface area contributed by atoms with Gasteiger partial charge >= 0.3 is 0 Å². The highest BCUT2D eigenvalue weighted by atomic mass is 16.5. The Bertz CT molecular complexity index is 369. The summed E-state index contributed by atoms with van der Waals surface area (Å²) in [4.78, 5) is 8.29. The van der Waals surface area contributed by atoms with Gasteiger partial charge in [0.2, 0.25) is 5.88 Å². The quantitative estimate of drug-likeness (QED) is 0.654. The molecule has 0 atom stereocenters. The molecule has 0 N–H and O–H groups in total. The van der Waals surface area contributed by atoms with Crippen molar-refractivity contribution in [2.45, 2.75) is 13.3 Å². The maximum Gasteiger partial charge on any atom is 0.245 e. The van der Waals surface area contributed by atoms with Gasteiger partial charge in [0.05, 0.1) is 6.26 Å². The van der Waals surface area contributed by atoms with Crippen LogP contribution in [-0.4, -0.2) is 9.97 Å². The second-order valence-corrected chi connectivity index (χ2v) is 2.70. The van der Waals surface area contributed by atoms with Gasteiger partial charge in [-0.25, -0.2) is 9.97 Å². The Kier molecular flexibility index (Phi) is 2.08. The molecule has 0 spiro atoms. The van der Waals surface area contributed by atoms with Gasteiger partial charge < -0.3 is 4.74 Å². The zero-order valence-corrected chi connectivity index (χ0v) is 7.40. The first kappa shape index (κ1) is 7.98. The molecule has 0 aliphatic carbocycles. The van der Waals surface area contributed by atoms with Crippen molar-refractivity contribution in [3.63, 3.8) is 0 Å². The highest BCUT2D eigenvalue weighted by Gasteiger charge is 2.12. The number of nitrogens with zero attached hydrogens (tertiary/aromatic N) is 2. The number of hydrogen-bond acceptors (Lipinski definition) is 3. The van der Waals surface area contributed by atoms with E-state index in [2.05, 4.69) is 23.0 Å². The fraction of sp³-hybridized carbons (Fsp3) is 0.200. The average Bonchev–Trinajstić information content (AvgIpc) is 2.19. The summed E-state index contributed by atoms with van der Waals surface area (Å²) in [7, 11) is 0.